The van der Waals surface area contributed by atoms with Gasteiger partial charge in [-0.05, 0) is 43.7 Å². The second-order valence-corrected chi connectivity index (χ2v) is 5.59. The van der Waals surface area contributed by atoms with Crippen LogP contribution in [0, 0.1) is 11.8 Å². The molecule has 3 nitrogen and oxygen atoms in total. The summed E-state index contributed by atoms with van der Waals surface area (Å²) in [6.07, 6.45) is 6.27. The van der Waals surface area contributed by atoms with Gasteiger partial charge < -0.3 is 10.6 Å². The standard InChI is InChI=1S/C14H21N3/c1-10(15)14-6-5-13(7-16-14)17-8-11-3-2-4-12(11)9-17/h5-7,10-12H,2-4,8-9,15H2,1H3/t10-,11?,12?/m1/s1. The summed E-state index contributed by atoms with van der Waals surface area (Å²) >= 11 is 0. The molecule has 2 aliphatic rings. The van der Waals surface area contributed by atoms with Crippen LogP contribution in [0.25, 0.3) is 0 Å². The van der Waals surface area contributed by atoms with Crippen LogP contribution in [0.4, 0.5) is 5.69 Å². The lowest BCUT2D eigenvalue weighted by Crippen LogP contribution is -2.21. The van der Waals surface area contributed by atoms with E-state index < -0.39 is 0 Å². The van der Waals surface area contributed by atoms with Crippen molar-refractivity contribution in [3.05, 3.63) is 24.0 Å². The highest BCUT2D eigenvalue weighted by molar-refractivity contribution is 5.46. The molecule has 0 spiro atoms. The average molecular weight is 231 g/mol. The van der Waals surface area contributed by atoms with E-state index >= 15 is 0 Å². The van der Waals surface area contributed by atoms with Gasteiger partial charge in [-0.2, -0.15) is 0 Å². The van der Waals surface area contributed by atoms with E-state index in [9.17, 15) is 0 Å². The van der Waals surface area contributed by atoms with Gasteiger partial charge in [0.2, 0.25) is 0 Å². The van der Waals surface area contributed by atoms with Crippen LogP contribution >= 0.6 is 0 Å². The normalized spacial score (nSPS) is 29.4. The highest BCUT2D eigenvalue weighted by Gasteiger charge is 2.36. The zero-order valence-corrected chi connectivity index (χ0v) is 10.5. The first-order chi connectivity index (χ1) is 8.24. The van der Waals surface area contributed by atoms with Gasteiger partial charge in [0.25, 0.3) is 0 Å². The topological polar surface area (TPSA) is 42.1 Å². The third-order valence-electron chi connectivity index (χ3n) is 4.33. The summed E-state index contributed by atoms with van der Waals surface area (Å²) in [4.78, 5) is 6.94. The number of fused-ring (bicyclic) bond motifs is 1. The van der Waals surface area contributed by atoms with Crippen LogP contribution in [-0.2, 0) is 0 Å². The lowest BCUT2D eigenvalue weighted by molar-refractivity contribution is 0.494. The average Bonchev–Trinajstić information content (AvgIpc) is 2.89. The molecule has 17 heavy (non-hydrogen) atoms. The molecule has 1 aliphatic carbocycles. The maximum atomic E-state index is 5.82. The van der Waals surface area contributed by atoms with Crippen molar-refractivity contribution < 1.29 is 0 Å². The van der Waals surface area contributed by atoms with Gasteiger partial charge in [0.1, 0.15) is 0 Å². The minimum absolute atomic E-state index is 0.0296. The van der Waals surface area contributed by atoms with Crippen LogP contribution < -0.4 is 10.6 Å². The Kier molecular flexibility index (Phi) is 2.79. The fourth-order valence-electron chi connectivity index (χ4n) is 3.30. The molecule has 1 aromatic heterocycles. The molecule has 0 radical (unpaired) electrons. The summed E-state index contributed by atoms with van der Waals surface area (Å²) in [5, 5.41) is 0. The molecule has 1 aromatic rings. The Morgan fingerprint density at radius 1 is 1.29 bits per heavy atom. The lowest BCUT2D eigenvalue weighted by Gasteiger charge is -2.19. The van der Waals surface area contributed by atoms with Crippen molar-refractivity contribution in [1.29, 1.82) is 0 Å². The zero-order chi connectivity index (χ0) is 11.8. The molecule has 1 saturated carbocycles. The maximum absolute atomic E-state index is 5.82. The fourth-order valence-corrected chi connectivity index (χ4v) is 3.30. The summed E-state index contributed by atoms with van der Waals surface area (Å²) in [6.45, 7) is 4.43. The van der Waals surface area contributed by atoms with E-state index in [-0.39, 0.29) is 6.04 Å². The Morgan fingerprint density at radius 2 is 2.00 bits per heavy atom. The van der Waals surface area contributed by atoms with Gasteiger partial charge in [-0.3, -0.25) is 4.98 Å². The van der Waals surface area contributed by atoms with Crippen molar-refractivity contribution in [2.75, 3.05) is 18.0 Å². The van der Waals surface area contributed by atoms with Crippen molar-refractivity contribution >= 4 is 5.69 Å². The molecule has 0 amide bonds. The highest BCUT2D eigenvalue weighted by Crippen LogP contribution is 2.39. The number of hydrogen-bond donors (Lipinski definition) is 1. The Bertz CT molecular complexity index is 373. The molecule has 92 valence electrons. The zero-order valence-electron chi connectivity index (χ0n) is 10.5. The van der Waals surface area contributed by atoms with E-state index in [1.54, 1.807) is 0 Å². The first-order valence-electron chi connectivity index (χ1n) is 6.70. The SMILES string of the molecule is C[C@@H](N)c1ccc(N2CC3CCCC3C2)cn1. The van der Waals surface area contributed by atoms with Gasteiger partial charge in [0.05, 0.1) is 17.6 Å². The van der Waals surface area contributed by atoms with Gasteiger partial charge in [-0.1, -0.05) is 6.42 Å². The van der Waals surface area contributed by atoms with Gasteiger partial charge in [0.15, 0.2) is 0 Å². The van der Waals surface area contributed by atoms with Crippen LogP contribution in [-0.4, -0.2) is 18.1 Å². The van der Waals surface area contributed by atoms with Crippen molar-refractivity contribution in [2.24, 2.45) is 17.6 Å². The van der Waals surface area contributed by atoms with E-state index in [1.165, 1.54) is 38.0 Å². The van der Waals surface area contributed by atoms with E-state index in [4.69, 9.17) is 5.73 Å². The van der Waals surface area contributed by atoms with Gasteiger partial charge >= 0.3 is 0 Å². The molecule has 3 heteroatoms. The van der Waals surface area contributed by atoms with Crippen LogP contribution in [0.5, 0.6) is 0 Å². The van der Waals surface area contributed by atoms with Gasteiger partial charge in [-0.25, -0.2) is 0 Å². The molecule has 0 bridgehead atoms. The molecule has 2 fully saturated rings. The number of nitrogens with zero attached hydrogens (tertiary/aromatic N) is 2. The van der Waals surface area contributed by atoms with Crippen LogP contribution in [0.1, 0.15) is 37.9 Å². The number of rotatable bonds is 2. The molecule has 2 heterocycles. The summed E-state index contributed by atoms with van der Waals surface area (Å²) < 4.78 is 0. The molecule has 3 rings (SSSR count). The minimum atomic E-state index is 0.0296. The monoisotopic (exact) mass is 231 g/mol. The van der Waals surface area contributed by atoms with Gasteiger partial charge in [-0.15, -0.1) is 0 Å². The van der Waals surface area contributed by atoms with E-state index in [2.05, 4.69) is 22.0 Å². The molecular weight excluding hydrogens is 210 g/mol. The first kappa shape index (κ1) is 11.0. The maximum Gasteiger partial charge on any atom is 0.0569 e. The number of anilines is 1. The highest BCUT2D eigenvalue weighted by atomic mass is 15.2. The van der Waals surface area contributed by atoms with Crippen LogP contribution in [0.15, 0.2) is 18.3 Å². The van der Waals surface area contributed by atoms with Crippen molar-refractivity contribution in [2.45, 2.75) is 32.2 Å². The summed E-state index contributed by atoms with van der Waals surface area (Å²) in [6, 6.07) is 4.27. The Morgan fingerprint density at radius 3 is 2.53 bits per heavy atom. The molecule has 2 unspecified atom stereocenters. The molecule has 0 aromatic carbocycles. The Hall–Kier alpha value is -1.09. The predicted octanol–water partition coefficient (Wildman–Crippen LogP) is 2.34. The van der Waals surface area contributed by atoms with Crippen molar-refractivity contribution in [1.82, 2.24) is 4.98 Å². The second kappa shape index (κ2) is 4.30. The second-order valence-electron chi connectivity index (χ2n) is 5.59. The van der Waals surface area contributed by atoms with E-state index in [0.29, 0.717) is 0 Å². The number of pyridine rings is 1. The largest absolute Gasteiger partial charge is 0.370 e. The summed E-state index contributed by atoms with van der Waals surface area (Å²) in [5.74, 6) is 1.87. The molecule has 3 atom stereocenters. The molecule has 1 aliphatic heterocycles. The van der Waals surface area contributed by atoms with Crippen molar-refractivity contribution in [3.8, 4) is 0 Å². The summed E-state index contributed by atoms with van der Waals surface area (Å²) in [5.41, 5.74) is 8.06. The predicted molar refractivity (Wildman–Crippen MR) is 69.9 cm³/mol. The molecular formula is C14H21N3. The lowest BCUT2D eigenvalue weighted by atomic mass is 10.0. The minimum Gasteiger partial charge on any atom is -0.370 e. The quantitative estimate of drug-likeness (QED) is 0.849. The smallest absolute Gasteiger partial charge is 0.0569 e. The first-order valence-corrected chi connectivity index (χ1v) is 6.70. The number of hydrogen-bond acceptors (Lipinski definition) is 3. The van der Waals surface area contributed by atoms with E-state index in [0.717, 1.165) is 17.5 Å². The number of nitrogens with two attached hydrogens (primary N) is 1. The molecule has 1 saturated heterocycles. The fraction of sp³-hybridized carbons (Fsp3) is 0.643. The van der Waals surface area contributed by atoms with Gasteiger partial charge in [0, 0.05) is 19.1 Å². The van der Waals surface area contributed by atoms with Crippen LogP contribution in [0.2, 0.25) is 0 Å². The Balaban J connectivity index is 1.73. The van der Waals surface area contributed by atoms with E-state index in [1.807, 2.05) is 13.1 Å². The van der Waals surface area contributed by atoms with Crippen LogP contribution in [0.3, 0.4) is 0 Å². The summed E-state index contributed by atoms with van der Waals surface area (Å²) in [7, 11) is 0. The molecule has 2 N–H and O–H groups in total. The van der Waals surface area contributed by atoms with Crippen molar-refractivity contribution in [3.63, 3.8) is 0 Å². The Labute approximate surface area is 103 Å². The third kappa shape index (κ3) is 2.04. The number of aromatic nitrogens is 1. The third-order valence-corrected chi connectivity index (χ3v) is 4.33.